The fourth-order valence-corrected chi connectivity index (χ4v) is 2.17. The first-order valence-corrected chi connectivity index (χ1v) is 8.11. The third-order valence-corrected chi connectivity index (χ3v) is 4.31. The van der Waals surface area contributed by atoms with Crippen molar-refractivity contribution in [3.63, 3.8) is 0 Å². The van der Waals surface area contributed by atoms with E-state index in [4.69, 9.17) is 5.73 Å². The molecule has 1 atom stereocenters. The number of carbonyl (C=O) groups excluding carboxylic acids is 1. The predicted octanol–water partition coefficient (Wildman–Crippen LogP) is 3.26. The first-order chi connectivity index (χ1) is 10.4. The molecule has 0 spiro atoms. The number of nitrogens with two attached hydrogens (primary N) is 1. The number of halogens is 2. The van der Waals surface area contributed by atoms with Crippen molar-refractivity contribution < 1.29 is 4.79 Å². The molecule has 0 aliphatic rings. The minimum atomic E-state index is -0.409. The Morgan fingerprint density at radius 2 is 1.96 bits per heavy atom. The molecule has 1 amide bonds. The first-order valence-electron chi connectivity index (χ1n) is 8.11. The highest BCUT2D eigenvalue weighted by atomic mass is 35.5. The SMILES string of the molecule is CCCN(CC)c1ccc(C(=O)NC(C)(CN)C(C)C)cn1.Cl.Cl. The van der Waals surface area contributed by atoms with Gasteiger partial charge in [-0.05, 0) is 38.3 Å². The Labute approximate surface area is 158 Å². The van der Waals surface area contributed by atoms with Gasteiger partial charge in [-0.1, -0.05) is 20.8 Å². The predicted molar refractivity (Wildman–Crippen MR) is 107 cm³/mol. The number of rotatable bonds is 8. The van der Waals surface area contributed by atoms with Crippen molar-refractivity contribution >= 4 is 36.5 Å². The molecular formula is C17H32Cl2N4O. The molecule has 1 aromatic heterocycles. The Morgan fingerprint density at radius 1 is 1.33 bits per heavy atom. The molecule has 0 aliphatic carbocycles. The van der Waals surface area contributed by atoms with E-state index in [0.717, 1.165) is 25.3 Å². The number of hydrogen-bond acceptors (Lipinski definition) is 4. The van der Waals surface area contributed by atoms with Gasteiger partial charge in [-0.2, -0.15) is 0 Å². The lowest BCUT2D eigenvalue weighted by molar-refractivity contribution is 0.0883. The zero-order valence-corrected chi connectivity index (χ0v) is 17.0. The van der Waals surface area contributed by atoms with Crippen LogP contribution in [0, 0.1) is 5.92 Å². The summed E-state index contributed by atoms with van der Waals surface area (Å²) in [5, 5.41) is 3.03. The maximum atomic E-state index is 12.4. The van der Waals surface area contributed by atoms with Gasteiger partial charge in [-0.15, -0.1) is 24.8 Å². The molecule has 0 fully saturated rings. The molecule has 0 radical (unpaired) electrons. The molecule has 0 saturated heterocycles. The Bertz CT molecular complexity index is 482. The van der Waals surface area contributed by atoms with Gasteiger partial charge >= 0.3 is 0 Å². The molecular weight excluding hydrogens is 347 g/mol. The zero-order chi connectivity index (χ0) is 16.8. The van der Waals surface area contributed by atoms with E-state index in [-0.39, 0.29) is 36.6 Å². The van der Waals surface area contributed by atoms with Gasteiger partial charge in [-0.25, -0.2) is 4.98 Å². The lowest BCUT2D eigenvalue weighted by atomic mass is 9.88. The van der Waals surface area contributed by atoms with E-state index in [1.54, 1.807) is 6.20 Å². The molecule has 1 unspecified atom stereocenters. The summed E-state index contributed by atoms with van der Waals surface area (Å²) in [4.78, 5) is 19.0. The van der Waals surface area contributed by atoms with Crippen LogP contribution in [0.2, 0.25) is 0 Å². The lowest BCUT2D eigenvalue weighted by Gasteiger charge is -2.33. The maximum absolute atomic E-state index is 12.4. The first kappa shape index (κ1) is 25.2. The van der Waals surface area contributed by atoms with Gasteiger partial charge in [-0.3, -0.25) is 4.79 Å². The van der Waals surface area contributed by atoms with E-state index in [9.17, 15) is 4.79 Å². The number of carbonyl (C=O) groups is 1. The quantitative estimate of drug-likeness (QED) is 0.727. The van der Waals surface area contributed by atoms with Crippen molar-refractivity contribution in [2.75, 3.05) is 24.5 Å². The second kappa shape index (κ2) is 11.5. The monoisotopic (exact) mass is 378 g/mol. The molecule has 0 saturated carbocycles. The van der Waals surface area contributed by atoms with Gasteiger partial charge in [0.1, 0.15) is 5.82 Å². The fourth-order valence-electron chi connectivity index (χ4n) is 2.17. The van der Waals surface area contributed by atoms with Gasteiger partial charge in [0.25, 0.3) is 5.91 Å². The Hall–Kier alpha value is -1.04. The smallest absolute Gasteiger partial charge is 0.253 e. The number of pyridine rings is 1. The van der Waals surface area contributed by atoms with Crippen LogP contribution in [0.15, 0.2) is 18.3 Å². The van der Waals surface area contributed by atoms with Crippen molar-refractivity contribution in [2.24, 2.45) is 11.7 Å². The number of nitrogens with one attached hydrogen (secondary N) is 1. The van der Waals surface area contributed by atoms with Crippen molar-refractivity contribution in [3.05, 3.63) is 23.9 Å². The van der Waals surface area contributed by atoms with Crippen molar-refractivity contribution in [2.45, 2.75) is 46.6 Å². The van der Waals surface area contributed by atoms with Crippen LogP contribution in [-0.2, 0) is 0 Å². The average Bonchev–Trinajstić information content (AvgIpc) is 2.52. The van der Waals surface area contributed by atoms with Crippen LogP contribution in [0.5, 0.6) is 0 Å². The third kappa shape index (κ3) is 6.46. The number of nitrogens with zero attached hydrogens (tertiary/aromatic N) is 2. The van der Waals surface area contributed by atoms with Gasteiger partial charge in [0.2, 0.25) is 0 Å². The summed E-state index contributed by atoms with van der Waals surface area (Å²) in [5.41, 5.74) is 5.97. The second-order valence-corrected chi connectivity index (χ2v) is 6.22. The minimum absolute atomic E-state index is 0. The summed E-state index contributed by atoms with van der Waals surface area (Å²) >= 11 is 0. The second-order valence-electron chi connectivity index (χ2n) is 6.22. The molecule has 140 valence electrons. The standard InChI is InChI=1S/C17H30N4O.2ClH/c1-6-10-21(7-2)15-9-8-14(11-19-15)16(22)20-17(5,12-18)13(3)4;;/h8-9,11,13H,6-7,10,12,18H2,1-5H3,(H,20,22);2*1H. The van der Waals surface area contributed by atoms with Crippen LogP contribution < -0.4 is 16.0 Å². The van der Waals surface area contributed by atoms with E-state index in [1.165, 1.54) is 0 Å². The summed E-state index contributed by atoms with van der Waals surface area (Å²) in [6.45, 7) is 12.6. The summed E-state index contributed by atoms with van der Waals surface area (Å²) < 4.78 is 0. The van der Waals surface area contributed by atoms with Crippen LogP contribution in [0.4, 0.5) is 5.82 Å². The van der Waals surface area contributed by atoms with E-state index in [1.807, 2.05) is 19.1 Å². The van der Waals surface area contributed by atoms with Crippen molar-refractivity contribution in [1.29, 1.82) is 0 Å². The Morgan fingerprint density at radius 3 is 2.33 bits per heavy atom. The van der Waals surface area contributed by atoms with E-state index >= 15 is 0 Å². The summed E-state index contributed by atoms with van der Waals surface area (Å²) in [6.07, 6.45) is 2.71. The third-order valence-electron chi connectivity index (χ3n) is 4.31. The molecule has 7 heteroatoms. The molecule has 1 aromatic rings. The van der Waals surface area contributed by atoms with E-state index in [0.29, 0.717) is 12.1 Å². The van der Waals surface area contributed by atoms with E-state index < -0.39 is 5.54 Å². The van der Waals surface area contributed by atoms with Gasteiger partial charge < -0.3 is 16.0 Å². The van der Waals surface area contributed by atoms with Crippen LogP contribution in [-0.4, -0.2) is 36.1 Å². The molecule has 1 heterocycles. The minimum Gasteiger partial charge on any atom is -0.357 e. The van der Waals surface area contributed by atoms with Crippen LogP contribution in [0.3, 0.4) is 0 Å². The molecule has 0 aromatic carbocycles. The Kier molecular flexibility index (Phi) is 12.1. The summed E-state index contributed by atoms with van der Waals surface area (Å²) in [5.74, 6) is 1.04. The highest BCUT2D eigenvalue weighted by Gasteiger charge is 2.29. The maximum Gasteiger partial charge on any atom is 0.253 e. The Balaban J connectivity index is 0. The number of hydrogen-bond donors (Lipinski definition) is 2. The summed E-state index contributed by atoms with van der Waals surface area (Å²) in [6, 6.07) is 3.73. The van der Waals surface area contributed by atoms with E-state index in [2.05, 4.69) is 42.9 Å². The topological polar surface area (TPSA) is 71.2 Å². The van der Waals surface area contributed by atoms with Crippen LogP contribution in [0.1, 0.15) is 51.4 Å². The largest absolute Gasteiger partial charge is 0.357 e. The van der Waals surface area contributed by atoms with Crippen LogP contribution in [0.25, 0.3) is 0 Å². The average molecular weight is 379 g/mol. The molecule has 1 rings (SSSR count). The van der Waals surface area contributed by atoms with Gasteiger partial charge in [0.05, 0.1) is 11.1 Å². The number of amides is 1. The fraction of sp³-hybridized carbons (Fsp3) is 0.647. The number of anilines is 1. The van der Waals surface area contributed by atoms with Gasteiger partial charge in [0.15, 0.2) is 0 Å². The summed E-state index contributed by atoms with van der Waals surface area (Å²) in [7, 11) is 0. The molecule has 3 N–H and O–H groups in total. The van der Waals surface area contributed by atoms with Gasteiger partial charge in [0, 0.05) is 25.8 Å². The lowest BCUT2D eigenvalue weighted by Crippen LogP contribution is -2.55. The normalized spacial score (nSPS) is 12.6. The molecule has 0 aliphatic heterocycles. The zero-order valence-electron chi connectivity index (χ0n) is 15.3. The van der Waals surface area contributed by atoms with Crippen LogP contribution >= 0.6 is 24.8 Å². The van der Waals surface area contributed by atoms with Crippen molar-refractivity contribution in [3.8, 4) is 0 Å². The van der Waals surface area contributed by atoms with Crippen molar-refractivity contribution in [1.82, 2.24) is 10.3 Å². The highest BCUT2D eigenvalue weighted by Crippen LogP contribution is 2.17. The molecule has 24 heavy (non-hydrogen) atoms. The highest BCUT2D eigenvalue weighted by molar-refractivity contribution is 5.94. The molecule has 0 bridgehead atoms. The number of aromatic nitrogens is 1. The molecule has 5 nitrogen and oxygen atoms in total.